The van der Waals surface area contributed by atoms with Crippen LogP contribution < -0.4 is 10.6 Å². The Bertz CT molecular complexity index is 581. The van der Waals surface area contributed by atoms with Crippen LogP contribution in [0.1, 0.15) is 18.4 Å². The first-order chi connectivity index (χ1) is 11.6. The van der Waals surface area contributed by atoms with Gasteiger partial charge >= 0.3 is 6.03 Å². The molecule has 0 unspecified atom stereocenters. The van der Waals surface area contributed by atoms with Gasteiger partial charge in [-0.05, 0) is 30.5 Å². The quantitative estimate of drug-likeness (QED) is 0.843. The summed E-state index contributed by atoms with van der Waals surface area (Å²) in [7, 11) is 0. The van der Waals surface area contributed by atoms with E-state index in [2.05, 4.69) is 20.4 Å². The Hall–Kier alpha value is -1.63. The standard InChI is InChI=1S/C17H23ClN4O2/c18-14-3-1-13(2-4-14)11-21-7-9-22(10-8-21)12-16(23)20-17(24)19-15-5-6-15/h1-4,15H,5-12H2,(H2,19,20,23,24). The molecule has 1 aliphatic heterocycles. The molecule has 3 rings (SSSR count). The summed E-state index contributed by atoms with van der Waals surface area (Å²) in [6.45, 7) is 4.62. The molecule has 1 aromatic carbocycles. The molecule has 1 saturated carbocycles. The Labute approximate surface area is 147 Å². The molecule has 3 amide bonds. The smallest absolute Gasteiger partial charge is 0.321 e. The Balaban J connectivity index is 1.36. The molecule has 1 aliphatic carbocycles. The van der Waals surface area contributed by atoms with Crippen molar-refractivity contribution in [2.75, 3.05) is 32.7 Å². The van der Waals surface area contributed by atoms with Gasteiger partial charge in [-0.1, -0.05) is 23.7 Å². The Morgan fingerprint density at radius 3 is 2.29 bits per heavy atom. The molecule has 0 aromatic heterocycles. The highest BCUT2D eigenvalue weighted by atomic mass is 35.5. The van der Waals surface area contributed by atoms with Gasteiger partial charge in [-0.25, -0.2) is 4.79 Å². The fourth-order valence-electron chi connectivity index (χ4n) is 2.77. The molecule has 0 atom stereocenters. The molecule has 6 nitrogen and oxygen atoms in total. The summed E-state index contributed by atoms with van der Waals surface area (Å²) < 4.78 is 0. The maximum atomic E-state index is 11.9. The third kappa shape index (κ3) is 5.47. The molecular formula is C17H23ClN4O2. The van der Waals surface area contributed by atoms with Crippen LogP contribution in [0, 0.1) is 0 Å². The van der Waals surface area contributed by atoms with Crippen LogP contribution in [0.4, 0.5) is 4.79 Å². The molecule has 1 heterocycles. The molecule has 24 heavy (non-hydrogen) atoms. The molecule has 0 bridgehead atoms. The summed E-state index contributed by atoms with van der Waals surface area (Å²) in [6.07, 6.45) is 2.02. The van der Waals surface area contributed by atoms with E-state index in [1.165, 1.54) is 5.56 Å². The molecule has 2 aliphatic rings. The molecule has 7 heteroatoms. The van der Waals surface area contributed by atoms with Gasteiger partial charge in [0, 0.05) is 43.8 Å². The average molecular weight is 351 g/mol. The second-order valence-electron chi connectivity index (χ2n) is 6.47. The van der Waals surface area contributed by atoms with Crippen LogP contribution in [-0.4, -0.2) is 60.5 Å². The van der Waals surface area contributed by atoms with Crippen LogP contribution in [0.15, 0.2) is 24.3 Å². The van der Waals surface area contributed by atoms with Gasteiger partial charge in [-0.3, -0.25) is 19.9 Å². The van der Waals surface area contributed by atoms with Gasteiger partial charge in [0.25, 0.3) is 0 Å². The molecule has 0 spiro atoms. The number of piperazine rings is 1. The largest absolute Gasteiger partial charge is 0.335 e. The van der Waals surface area contributed by atoms with E-state index >= 15 is 0 Å². The van der Waals surface area contributed by atoms with Crippen molar-refractivity contribution in [3.8, 4) is 0 Å². The van der Waals surface area contributed by atoms with Crippen molar-refractivity contribution in [2.45, 2.75) is 25.4 Å². The van der Waals surface area contributed by atoms with E-state index in [0.29, 0.717) is 0 Å². The van der Waals surface area contributed by atoms with Crippen LogP contribution in [-0.2, 0) is 11.3 Å². The summed E-state index contributed by atoms with van der Waals surface area (Å²) >= 11 is 5.90. The predicted molar refractivity (Wildman–Crippen MR) is 92.9 cm³/mol. The number of nitrogens with one attached hydrogen (secondary N) is 2. The Morgan fingerprint density at radius 2 is 1.67 bits per heavy atom. The number of rotatable bonds is 5. The van der Waals surface area contributed by atoms with Gasteiger partial charge < -0.3 is 5.32 Å². The minimum absolute atomic E-state index is 0.237. The monoisotopic (exact) mass is 350 g/mol. The molecule has 2 N–H and O–H groups in total. The average Bonchev–Trinajstić information content (AvgIpc) is 3.35. The number of halogens is 1. The summed E-state index contributed by atoms with van der Waals surface area (Å²) in [6, 6.07) is 7.79. The minimum atomic E-state index is -0.371. The molecule has 2 fully saturated rings. The van der Waals surface area contributed by atoms with E-state index in [1.54, 1.807) is 0 Å². The zero-order chi connectivity index (χ0) is 16.9. The minimum Gasteiger partial charge on any atom is -0.335 e. The highest BCUT2D eigenvalue weighted by Crippen LogP contribution is 2.18. The molecule has 130 valence electrons. The van der Waals surface area contributed by atoms with E-state index in [1.807, 2.05) is 24.3 Å². The van der Waals surface area contributed by atoms with Crippen molar-refractivity contribution in [3.63, 3.8) is 0 Å². The highest BCUT2D eigenvalue weighted by Gasteiger charge is 2.25. The van der Waals surface area contributed by atoms with E-state index in [4.69, 9.17) is 11.6 Å². The van der Waals surface area contributed by atoms with Gasteiger partial charge in [-0.2, -0.15) is 0 Å². The number of carbonyl (C=O) groups is 2. The SMILES string of the molecule is O=C(CN1CCN(Cc2ccc(Cl)cc2)CC1)NC(=O)NC1CC1. The number of urea groups is 1. The van der Waals surface area contributed by atoms with Crippen molar-refractivity contribution in [1.29, 1.82) is 0 Å². The first kappa shape index (κ1) is 17.2. The van der Waals surface area contributed by atoms with Gasteiger partial charge in [0.05, 0.1) is 6.54 Å². The number of imide groups is 1. The van der Waals surface area contributed by atoms with Gasteiger partial charge in [0.2, 0.25) is 5.91 Å². The van der Waals surface area contributed by atoms with Gasteiger partial charge in [0.15, 0.2) is 0 Å². The number of amides is 3. The third-order valence-electron chi connectivity index (χ3n) is 4.32. The van der Waals surface area contributed by atoms with Crippen molar-refractivity contribution in [2.24, 2.45) is 0 Å². The number of nitrogens with zero attached hydrogens (tertiary/aromatic N) is 2. The first-order valence-corrected chi connectivity index (χ1v) is 8.76. The first-order valence-electron chi connectivity index (χ1n) is 8.38. The van der Waals surface area contributed by atoms with Crippen LogP contribution >= 0.6 is 11.6 Å². The normalized spacial score (nSPS) is 19.0. The second-order valence-corrected chi connectivity index (χ2v) is 6.91. The summed E-state index contributed by atoms with van der Waals surface area (Å²) in [5.41, 5.74) is 1.24. The lowest BCUT2D eigenvalue weighted by atomic mass is 10.2. The zero-order valence-corrected chi connectivity index (χ0v) is 14.4. The van der Waals surface area contributed by atoms with Crippen molar-refractivity contribution < 1.29 is 9.59 Å². The number of hydrogen-bond acceptors (Lipinski definition) is 4. The number of carbonyl (C=O) groups excluding carboxylic acids is 2. The maximum Gasteiger partial charge on any atom is 0.321 e. The van der Waals surface area contributed by atoms with Crippen LogP contribution in [0.2, 0.25) is 5.02 Å². The van der Waals surface area contributed by atoms with Gasteiger partial charge in [-0.15, -0.1) is 0 Å². The fraction of sp³-hybridized carbons (Fsp3) is 0.529. The van der Waals surface area contributed by atoms with Crippen molar-refractivity contribution in [1.82, 2.24) is 20.4 Å². The summed E-state index contributed by atoms with van der Waals surface area (Å²) in [4.78, 5) is 27.9. The van der Waals surface area contributed by atoms with Crippen molar-refractivity contribution in [3.05, 3.63) is 34.9 Å². The lowest BCUT2D eigenvalue weighted by Crippen LogP contribution is -2.50. The van der Waals surface area contributed by atoms with E-state index in [0.717, 1.165) is 50.6 Å². The summed E-state index contributed by atoms with van der Waals surface area (Å²) in [5.74, 6) is -0.237. The molecule has 0 radical (unpaired) electrons. The Morgan fingerprint density at radius 1 is 1.04 bits per heavy atom. The van der Waals surface area contributed by atoms with Crippen LogP contribution in [0.25, 0.3) is 0 Å². The van der Waals surface area contributed by atoms with Gasteiger partial charge in [0.1, 0.15) is 0 Å². The predicted octanol–water partition coefficient (Wildman–Crippen LogP) is 1.45. The van der Waals surface area contributed by atoms with Crippen LogP contribution in [0.3, 0.4) is 0 Å². The van der Waals surface area contributed by atoms with Crippen LogP contribution in [0.5, 0.6) is 0 Å². The highest BCUT2D eigenvalue weighted by molar-refractivity contribution is 6.30. The number of hydrogen-bond donors (Lipinski definition) is 2. The molecular weight excluding hydrogens is 328 g/mol. The fourth-order valence-corrected chi connectivity index (χ4v) is 2.90. The second kappa shape index (κ2) is 7.96. The molecule has 1 aromatic rings. The maximum absolute atomic E-state index is 11.9. The molecule has 1 saturated heterocycles. The zero-order valence-electron chi connectivity index (χ0n) is 13.6. The topological polar surface area (TPSA) is 64.7 Å². The van der Waals surface area contributed by atoms with E-state index in [9.17, 15) is 9.59 Å². The van der Waals surface area contributed by atoms with E-state index in [-0.39, 0.29) is 24.5 Å². The van der Waals surface area contributed by atoms with Crippen molar-refractivity contribution >= 4 is 23.5 Å². The Kier molecular flexibility index (Phi) is 5.71. The lowest BCUT2D eigenvalue weighted by molar-refractivity contribution is -0.121. The summed E-state index contributed by atoms with van der Waals surface area (Å²) in [5, 5.41) is 5.90. The number of benzene rings is 1. The third-order valence-corrected chi connectivity index (χ3v) is 4.57. The lowest BCUT2D eigenvalue weighted by Gasteiger charge is -2.34. The van der Waals surface area contributed by atoms with E-state index < -0.39 is 0 Å².